The Bertz CT molecular complexity index is 338. The standard InChI is InChI=1S/C13H20N2O3/c1-4-6-14(7-5-2)13(18)15-8-11(9-15)10(3)12(16)17/h4-5,10-11H,1-2,6-9H2,3H3,(H,16,17). The Hall–Kier alpha value is -1.78. The largest absolute Gasteiger partial charge is 0.481 e. The van der Waals surface area contributed by atoms with Gasteiger partial charge in [0.15, 0.2) is 0 Å². The van der Waals surface area contributed by atoms with Crippen molar-refractivity contribution in [2.24, 2.45) is 11.8 Å². The average molecular weight is 252 g/mol. The van der Waals surface area contributed by atoms with Crippen molar-refractivity contribution in [2.45, 2.75) is 6.92 Å². The molecule has 1 atom stereocenters. The number of rotatable bonds is 6. The fourth-order valence-corrected chi connectivity index (χ4v) is 1.93. The molecule has 1 unspecified atom stereocenters. The second kappa shape index (κ2) is 6.23. The third-order valence-electron chi connectivity index (χ3n) is 3.25. The van der Waals surface area contributed by atoms with E-state index < -0.39 is 11.9 Å². The van der Waals surface area contributed by atoms with Crippen molar-refractivity contribution >= 4 is 12.0 Å². The minimum absolute atomic E-state index is 0.0563. The van der Waals surface area contributed by atoms with E-state index in [0.717, 1.165) is 0 Å². The van der Waals surface area contributed by atoms with Crippen LogP contribution in [0.15, 0.2) is 25.3 Å². The van der Waals surface area contributed by atoms with E-state index in [4.69, 9.17) is 5.11 Å². The number of carbonyl (C=O) groups excluding carboxylic acids is 1. The Balaban J connectivity index is 2.48. The Morgan fingerprint density at radius 3 is 2.28 bits per heavy atom. The normalized spacial score (nSPS) is 16.6. The molecule has 1 heterocycles. The molecule has 0 aliphatic carbocycles. The molecule has 1 aliphatic heterocycles. The molecule has 0 saturated carbocycles. The van der Waals surface area contributed by atoms with Crippen molar-refractivity contribution in [1.82, 2.24) is 9.80 Å². The van der Waals surface area contributed by atoms with E-state index >= 15 is 0 Å². The lowest BCUT2D eigenvalue weighted by atomic mass is 9.87. The van der Waals surface area contributed by atoms with Crippen LogP contribution in [-0.2, 0) is 4.79 Å². The molecule has 2 amide bonds. The van der Waals surface area contributed by atoms with Crippen LogP contribution in [0.4, 0.5) is 4.79 Å². The van der Waals surface area contributed by atoms with Crippen molar-refractivity contribution in [3.05, 3.63) is 25.3 Å². The summed E-state index contributed by atoms with van der Waals surface area (Å²) in [4.78, 5) is 26.2. The van der Waals surface area contributed by atoms with Gasteiger partial charge in [-0.1, -0.05) is 19.1 Å². The summed E-state index contributed by atoms with van der Waals surface area (Å²) in [5.74, 6) is -1.15. The molecule has 1 fully saturated rings. The van der Waals surface area contributed by atoms with Crippen LogP contribution < -0.4 is 0 Å². The van der Waals surface area contributed by atoms with Gasteiger partial charge in [0.2, 0.25) is 0 Å². The zero-order valence-electron chi connectivity index (χ0n) is 10.7. The second-order valence-electron chi connectivity index (χ2n) is 4.56. The highest BCUT2D eigenvalue weighted by atomic mass is 16.4. The maximum atomic E-state index is 12.1. The summed E-state index contributed by atoms with van der Waals surface area (Å²) < 4.78 is 0. The molecule has 100 valence electrons. The van der Waals surface area contributed by atoms with E-state index in [0.29, 0.717) is 26.2 Å². The van der Waals surface area contributed by atoms with Gasteiger partial charge in [0, 0.05) is 32.1 Å². The molecular formula is C13H20N2O3. The molecule has 0 aromatic heterocycles. The van der Waals surface area contributed by atoms with E-state index in [1.807, 2.05) is 0 Å². The zero-order valence-corrected chi connectivity index (χ0v) is 10.7. The number of amides is 2. The molecular weight excluding hydrogens is 232 g/mol. The Morgan fingerprint density at radius 2 is 1.89 bits per heavy atom. The van der Waals surface area contributed by atoms with Crippen LogP contribution in [0.3, 0.4) is 0 Å². The Morgan fingerprint density at radius 1 is 1.39 bits per heavy atom. The number of nitrogens with zero attached hydrogens (tertiary/aromatic N) is 2. The van der Waals surface area contributed by atoms with Crippen LogP contribution in [0.2, 0.25) is 0 Å². The number of hydrogen-bond acceptors (Lipinski definition) is 2. The van der Waals surface area contributed by atoms with Crippen LogP contribution in [-0.4, -0.2) is 53.1 Å². The summed E-state index contributed by atoms with van der Waals surface area (Å²) in [6.45, 7) is 10.9. The van der Waals surface area contributed by atoms with Gasteiger partial charge in [0.1, 0.15) is 0 Å². The number of carboxylic acids is 1. The maximum Gasteiger partial charge on any atom is 0.320 e. The maximum absolute atomic E-state index is 12.1. The van der Waals surface area contributed by atoms with Gasteiger partial charge in [-0.15, -0.1) is 13.2 Å². The molecule has 0 aromatic carbocycles. The summed E-state index contributed by atoms with van der Waals surface area (Å²) in [6, 6.07) is -0.0800. The van der Waals surface area contributed by atoms with Gasteiger partial charge in [-0.2, -0.15) is 0 Å². The van der Waals surface area contributed by atoms with Crippen LogP contribution in [0.25, 0.3) is 0 Å². The molecule has 5 heteroatoms. The second-order valence-corrected chi connectivity index (χ2v) is 4.56. The quantitative estimate of drug-likeness (QED) is 0.727. The molecule has 0 aromatic rings. The minimum atomic E-state index is -0.805. The third-order valence-corrected chi connectivity index (χ3v) is 3.25. The number of carbonyl (C=O) groups is 2. The summed E-state index contributed by atoms with van der Waals surface area (Å²) in [7, 11) is 0. The Kier molecular flexibility index (Phi) is 4.95. The van der Waals surface area contributed by atoms with Crippen LogP contribution in [0.1, 0.15) is 6.92 Å². The Labute approximate surface area is 107 Å². The number of hydrogen-bond donors (Lipinski definition) is 1. The summed E-state index contributed by atoms with van der Waals surface area (Å²) in [5.41, 5.74) is 0. The average Bonchev–Trinajstić information content (AvgIpc) is 2.26. The van der Waals surface area contributed by atoms with E-state index in [-0.39, 0.29) is 11.9 Å². The van der Waals surface area contributed by atoms with Gasteiger partial charge < -0.3 is 14.9 Å². The molecule has 1 N–H and O–H groups in total. The highest BCUT2D eigenvalue weighted by molar-refractivity contribution is 5.76. The van der Waals surface area contributed by atoms with Gasteiger partial charge in [0.05, 0.1) is 5.92 Å². The van der Waals surface area contributed by atoms with Crippen molar-refractivity contribution in [3.8, 4) is 0 Å². The minimum Gasteiger partial charge on any atom is -0.481 e. The fourth-order valence-electron chi connectivity index (χ4n) is 1.93. The predicted octanol–water partition coefficient (Wildman–Crippen LogP) is 1.43. The number of likely N-dealkylation sites (tertiary alicyclic amines) is 1. The lowest BCUT2D eigenvalue weighted by Gasteiger charge is -2.43. The number of carboxylic acid groups (broad SMARTS) is 1. The van der Waals surface area contributed by atoms with Gasteiger partial charge in [0.25, 0.3) is 0 Å². The van der Waals surface area contributed by atoms with Crippen LogP contribution in [0, 0.1) is 11.8 Å². The summed E-state index contributed by atoms with van der Waals surface area (Å²) >= 11 is 0. The first-order chi connectivity index (χ1) is 8.51. The van der Waals surface area contributed by atoms with Crippen molar-refractivity contribution in [3.63, 3.8) is 0 Å². The smallest absolute Gasteiger partial charge is 0.320 e. The molecule has 18 heavy (non-hydrogen) atoms. The highest BCUT2D eigenvalue weighted by Crippen LogP contribution is 2.25. The molecule has 0 spiro atoms. The number of urea groups is 1. The fraction of sp³-hybridized carbons (Fsp3) is 0.538. The van der Waals surface area contributed by atoms with Gasteiger partial charge in [-0.25, -0.2) is 4.79 Å². The highest BCUT2D eigenvalue weighted by Gasteiger charge is 2.38. The topological polar surface area (TPSA) is 60.9 Å². The molecule has 1 saturated heterocycles. The zero-order chi connectivity index (χ0) is 13.7. The van der Waals surface area contributed by atoms with E-state index in [9.17, 15) is 9.59 Å². The first kappa shape index (κ1) is 14.3. The monoisotopic (exact) mass is 252 g/mol. The third kappa shape index (κ3) is 3.12. The van der Waals surface area contributed by atoms with Gasteiger partial charge in [-0.05, 0) is 0 Å². The molecule has 0 radical (unpaired) electrons. The van der Waals surface area contributed by atoms with Crippen LogP contribution in [0.5, 0.6) is 0 Å². The van der Waals surface area contributed by atoms with Crippen molar-refractivity contribution in [2.75, 3.05) is 26.2 Å². The molecule has 0 bridgehead atoms. The lowest BCUT2D eigenvalue weighted by molar-refractivity contribution is -0.144. The van der Waals surface area contributed by atoms with Gasteiger partial charge in [-0.3, -0.25) is 4.79 Å². The van der Waals surface area contributed by atoms with Crippen molar-refractivity contribution in [1.29, 1.82) is 0 Å². The summed E-state index contributed by atoms with van der Waals surface area (Å²) in [5, 5.41) is 8.88. The first-order valence-electron chi connectivity index (χ1n) is 5.99. The lowest BCUT2D eigenvalue weighted by Crippen LogP contribution is -2.57. The molecule has 1 rings (SSSR count). The number of aliphatic carboxylic acids is 1. The first-order valence-corrected chi connectivity index (χ1v) is 5.99. The van der Waals surface area contributed by atoms with Gasteiger partial charge >= 0.3 is 12.0 Å². The molecule has 5 nitrogen and oxygen atoms in total. The molecule has 1 aliphatic rings. The van der Waals surface area contributed by atoms with E-state index in [1.54, 1.807) is 28.9 Å². The summed E-state index contributed by atoms with van der Waals surface area (Å²) in [6.07, 6.45) is 3.33. The van der Waals surface area contributed by atoms with Crippen molar-refractivity contribution < 1.29 is 14.7 Å². The SMILES string of the molecule is C=CCN(CC=C)C(=O)N1CC(C(C)C(=O)O)C1. The van der Waals surface area contributed by atoms with E-state index in [1.165, 1.54) is 0 Å². The predicted molar refractivity (Wildman–Crippen MR) is 69.2 cm³/mol. The van der Waals surface area contributed by atoms with E-state index in [2.05, 4.69) is 13.2 Å². The van der Waals surface area contributed by atoms with Crippen LogP contribution >= 0.6 is 0 Å².